The number of aromatic nitrogens is 2. The summed E-state index contributed by atoms with van der Waals surface area (Å²) in [6.45, 7) is 5.19. The van der Waals surface area contributed by atoms with Crippen LogP contribution in [0.15, 0.2) is 0 Å². The smallest absolute Gasteiger partial charge is 0.332 e. The Hall–Kier alpha value is -1.47. The van der Waals surface area contributed by atoms with Gasteiger partial charge < -0.3 is 9.64 Å². The van der Waals surface area contributed by atoms with Gasteiger partial charge in [-0.2, -0.15) is 4.98 Å². The number of rotatable bonds is 3. The summed E-state index contributed by atoms with van der Waals surface area (Å²) in [7, 11) is 0. The third-order valence-corrected chi connectivity index (χ3v) is 3.34. The molecule has 1 aromatic heterocycles. The molecule has 0 radical (unpaired) electrons. The standard InChI is InChI=1S/C11H15ClN4O3/c1-3-8-6-19-5-4-15(8)10-9(16(17)18)7(2)13-11(12)14-10/h8H,3-6H2,1-2H3. The Morgan fingerprint density at radius 1 is 1.58 bits per heavy atom. The molecule has 1 fully saturated rings. The van der Waals surface area contributed by atoms with Crippen LogP contribution < -0.4 is 4.90 Å². The molecule has 0 aromatic carbocycles. The van der Waals surface area contributed by atoms with E-state index in [1.165, 1.54) is 0 Å². The Kier molecular flexibility index (Phi) is 4.16. The van der Waals surface area contributed by atoms with E-state index in [0.29, 0.717) is 19.8 Å². The van der Waals surface area contributed by atoms with Gasteiger partial charge >= 0.3 is 5.69 Å². The lowest BCUT2D eigenvalue weighted by molar-refractivity contribution is -0.385. The number of nitro groups is 1. The third kappa shape index (κ3) is 2.76. The van der Waals surface area contributed by atoms with Gasteiger partial charge in [0.1, 0.15) is 5.69 Å². The predicted octanol–water partition coefficient (Wildman–Crippen LogP) is 1.96. The van der Waals surface area contributed by atoms with Crippen LogP contribution in [0.2, 0.25) is 5.28 Å². The molecule has 1 aliphatic heterocycles. The van der Waals surface area contributed by atoms with Crippen LogP contribution in [0.3, 0.4) is 0 Å². The fraction of sp³-hybridized carbons (Fsp3) is 0.636. The molecule has 1 unspecified atom stereocenters. The molecule has 0 saturated carbocycles. The number of morpholine rings is 1. The number of ether oxygens (including phenoxy) is 1. The molecule has 8 heteroatoms. The minimum absolute atomic E-state index is 0.0273. The number of aryl methyl sites for hydroxylation is 1. The molecule has 0 bridgehead atoms. The van der Waals surface area contributed by atoms with Gasteiger partial charge in [-0.15, -0.1) is 0 Å². The predicted molar refractivity (Wildman–Crippen MR) is 70.7 cm³/mol. The van der Waals surface area contributed by atoms with E-state index in [1.54, 1.807) is 6.92 Å². The SMILES string of the molecule is CCC1COCCN1c1nc(Cl)nc(C)c1[N+](=O)[O-]. The summed E-state index contributed by atoms with van der Waals surface area (Å²) in [6, 6.07) is 0.0674. The molecule has 0 amide bonds. The van der Waals surface area contributed by atoms with E-state index in [0.717, 1.165) is 6.42 Å². The first kappa shape index (κ1) is 14.0. The van der Waals surface area contributed by atoms with Gasteiger partial charge in [0, 0.05) is 6.54 Å². The first-order chi connectivity index (χ1) is 9.04. The topological polar surface area (TPSA) is 81.4 Å². The zero-order chi connectivity index (χ0) is 14.0. The van der Waals surface area contributed by atoms with E-state index < -0.39 is 4.92 Å². The summed E-state index contributed by atoms with van der Waals surface area (Å²) in [5.41, 5.74) is 0.200. The monoisotopic (exact) mass is 286 g/mol. The molecule has 0 aliphatic carbocycles. The first-order valence-electron chi connectivity index (χ1n) is 6.07. The van der Waals surface area contributed by atoms with Gasteiger partial charge in [-0.05, 0) is 24.9 Å². The molecule has 2 heterocycles. The molecule has 7 nitrogen and oxygen atoms in total. The Morgan fingerprint density at radius 3 is 2.95 bits per heavy atom. The highest BCUT2D eigenvalue weighted by Crippen LogP contribution is 2.32. The zero-order valence-corrected chi connectivity index (χ0v) is 11.6. The summed E-state index contributed by atoms with van der Waals surface area (Å²) in [6.07, 6.45) is 0.817. The molecule has 1 saturated heterocycles. The van der Waals surface area contributed by atoms with Crippen LogP contribution in [0.1, 0.15) is 19.0 Å². The highest BCUT2D eigenvalue weighted by Gasteiger charge is 2.31. The van der Waals surface area contributed by atoms with Crippen molar-refractivity contribution < 1.29 is 9.66 Å². The van der Waals surface area contributed by atoms with E-state index in [4.69, 9.17) is 16.3 Å². The molecular formula is C11H15ClN4O3. The molecule has 1 aromatic rings. The van der Waals surface area contributed by atoms with Gasteiger partial charge in [-0.25, -0.2) is 4.98 Å². The molecule has 0 spiro atoms. The highest BCUT2D eigenvalue weighted by atomic mass is 35.5. The second-order valence-electron chi connectivity index (χ2n) is 4.34. The van der Waals surface area contributed by atoms with Crippen molar-refractivity contribution in [3.63, 3.8) is 0 Å². The van der Waals surface area contributed by atoms with Gasteiger partial charge in [0.05, 0.1) is 24.2 Å². The Morgan fingerprint density at radius 2 is 2.32 bits per heavy atom. The van der Waals surface area contributed by atoms with Crippen molar-refractivity contribution in [3.8, 4) is 0 Å². The van der Waals surface area contributed by atoms with Crippen molar-refractivity contribution in [1.29, 1.82) is 0 Å². The van der Waals surface area contributed by atoms with Crippen LogP contribution in [0.4, 0.5) is 11.5 Å². The van der Waals surface area contributed by atoms with Crippen LogP contribution in [0.25, 0.3) is 0 Å². The fourth-order valence-corrected chi connectivity index (χ4v) is 2.41. The normalized spacial score (nSPS) is 19.5. The Bertz CT molecular complexity index is 497. The minimum atomic E-state index is -0.455. The summed E-state index contributed by atoms with van der Waals surface area (Å²) < 4.78 is 5.40. The molecule has 2 rings (SSSR count). The van der Waals surface area contributed by atoms with Crippen LogP contribution in [0, 0.1) is 17.0 Å². The number of nitrogens with zero attached hydrogens (tertiary/aromatic N) is 4. The Balaban J connectivity index is 2.50. The van der Waals surface area contributed by atoms with Crippen LogP contribution in [-0.4, -0.2) is 40.7 Å². The highest BCUT2D eigenvalue weighted by molar-refractivity contribution is 6.28. The van der Waals surface area contributed by atoms with E-state index in [9.17, 15) is 10.1 Å². The van der Waals surface area contributed by atoms with Crippen LogP contribution in [-0.2, 0) is 4.74 Å². The van der Waals surface area contributed by atoms with Crippen molar-refractivity contribution in [3.05, 3.63) is 21.1 Å². The van der Waals surface area contributed by atoms with Gasteiger partial charge in [0.15, 0.2) is 0 Å². The van der Waals surface area contributed by atoms with Crippen LogP contribution in [0.5, 0.6) is 0 Å². The van der Waals surface area contributed by atoms with Crippen LogP contribution >= 0.6 is 11.6 Å². The number of hydrogen-bond donors (Lipinski definition) is 0. The van der Waals surface area contributed by atoms with Crippen molar-refractivity contribution >= 4 is 23.1 Å². The molecule has 19 heavy (non-hydrogen) atoms. The Labute approximate surface area is 115 Å². The van der Waals surface area contributed by atoms with Crippen molar-refractivity contribution in [2.45, 2.75) is 26.3 Å². The fourth-order valence-electron chi connectivity index (χ4n) is 2.20. The van der Waals surface area contributed by atoms with E-state index >= 15 is 0 Å². The zero-order valence-electron chi connectivity index (χ0n) is 10.8. The molecular weight excluding hydrogens is 272 g/mol. The van der Waals surface area contributed by atoms with Gasteiger partial charge in [-0.1, -0.05) is 6.92 Å². The first-order valence-corrected chi connectivity index (χ1v) is 6.45. The second kappa shape index (κ2) is 5.66. The number of halogens is 1. The van der Waals surface area contributed by atoms with E-state index in [2.05, 4.69) is 9.97 Å². The molecule has 0 N–H and O–H groups in total. The second-order valence-corrected chi connectivity index (χ2v) is 4.68. The van der Waals surface area contributed by atoms with E-state index in [-0.39, 0.29) is 28.5 Å². The van der Waals surface area contributed by atoms with Crippen molar-refractivity contribution in [1.82, 2.24) is 9.97 Å². The maximum absolute atomic E-state index is 11.2. The quantitative estimate of drug-likeness (QED) is 0.480. The average molecular weight is 287 g/mol. The number of hydrogen-bond acceptors (Lipinski definition) is 6. The third-order valence-electron chi connectivity index (χ3n) is 3.17. The number of anilines is 1. The lowest BCUT2D eigenvalue weighted by atomic mass is 10.1. The summed E-state index contributed by atoms with van der Waals surface area (Å²) >= 11 is 5.83. The summed E-state index contributed by atoms with van der Waals surface area (Å²) in [5.74, 6) is 0.289. The lowest BCUT2D eigenvalue weighted by Gasteiger charge is -2.35. The van der Waals surface area contributed by atoms with Gasteiger partial charge in [0.25, 0.3) is 0 Å². The summed E-state index contributed by atoms with van der Waals surface area (Å²) in [4.78, 5) is 20.6. The van der Waals surface area contributed by atoms with E-state index in [1.807, 2.05) is 11.8 Å². The lowest BCUT2D eigenvalue weighted by Crippen LogP contribution is -2.46. The summed E-state index contributed by atoms with van der Waals surface area (Å²) in [5, 5.41) is 11.2. The largest absolute Gasteiger partial charge is 0.377 e. The average Bonchev–Trinajstić information content (AvgIpc) is 2.37. The minimum Gasteiger partial charge on any atom is -0.377 e. The maximum Gasteiger partial charge on any atom is 0.332 e. The maximum atomic E-state index is 11.2. The molecule has 1 atom stereocenters. The van der Waals surface area contributed by atoms with Crippen molar-refractivity contribution in [2.24, 2.45) is 0 Å². The molecule has 104 valence electrons. The van der Waals surface area contributed by atoms with Gasteiger partial charge in [0.2, 0.25) is 11.1 Å². The van der Waals surface area contributed by atoms with Gasteiger partial charge in [-0.3, -0.25) is 10.1 Å². The van der Waals surface area contributed by atoms with Crippen molar-refractivity contribution in [2.75, 3.05) is 24.7 Å². The molecule has 1 aliphatic rings.